The molecule has 0 saturated heterocycles. The first-order valence-corrected chi connectivity index (χ1v) is 10.6. The SMILES string of the molecule is CCNS(=O)(=O)c1ccc(C)c(C(=O)OCC(=O)c2ccc3ccccc3c2)c1. The highest BCUT2D eigenvalue weighted by Crippen LogP contribution is 2.18. The fraction of sp³-hybridized carbons (Fsp3) is 0.182. The minimum Gasteiger partial charge on any atom is -0.454 e. The molecule has 1 N–H and O–H groups in total. The van der Waals surface area contributed by atoms with Crippen molar-refractivity contribution in [1.82, 2.24) is 4.72 Å². The monoisotopic (exact) mass is 411 g/mol. The van der Waals surface area contributed by atoms with E-state index >= 15 is 0 Å². The van der Waals surface area contributed by atoms with E-state index in [-0.39, 0.29) is 22.8 Å². The second kappa shape index (κ2) is 8.55. The minimum atomic E-state index is -3.70. The van der Waals surface area contributed by atoms with Gasteiger partial charge in [0.25, 0.3) is 0 Å². The van der Waals surface area contributed by atoms with E-state index in [1.54, 1.807) is 26.0 Å². The van der Waals surface area contributed by atoms with E-state index < -0.39 is 22.6 Å². The Bertz CT molecular complexity index is 1180. The Kier molecular flexibility index (Phi) is 6.10. The largest absolute Gasteiger partial charge is 0.454 e. The van der Waals surface area contributed by atoms with Crippen molar-refractivity contribution in [2.45, 2.75) is 18.7 Å². The molecule has 150 valence electrons. The van der Waals surface area contributed by atoms with Crippen LogP contribution in [0.2, 0.25) is 0 Å². The van der Waals surface area contributed by atoms with Gasteiger partial charge < -0.3 is 4.74 Å². The van der Waals surface area contributed by atoms with Crippen LogP contribution in [-0.2, 0) is 14.8 Å². The van der Waals surface area contributed by atoms with Crippen molar-refractivity contribution in [2.75, 3.05) is 13.2 Å². The van der Waals surface area contributed by atoms with Crippen LogP contribution in [0.15, 0.2) is 65.6 Å². The lowest BCUT2D eigenvalue weighted by Gasteiger charge is -2.10. The molecule has 0 unspecified atom stereocenters. The van der Waals surface area contributed by atoms with Gasteiger partial charge in [0, 0.05) is 12.1 Å². The zero-order chi connectivity index (χ0) is 21.0. The summed E-state index contributed by atoms with van der Waals surface area (Å²) >= 11 is 0. The molecule has 29 heavy (non-hydrogen) atoms. The van der Waals surface area contributed by atoms with E-state index in [1.807, 2.05) is 30.3 Å². The van der Waals surface area contributed by atoms with Crippen molar-refractivity contribution in [3.63, 3.8) is 0 Å². The summed E-state index contributed by atoms with van der Waals surface area (Å²) in [6, 6.07) is 17.1. The first kappa shape index (κ1) is 20.7. The van der Waals surface area contributed by atoms with E-state index in [0.717, 1.165) is 10.8 Å². The summed E-state index contributed by atoms with van der Waals surface area (Å²) < 4.78 is 31.9. The molecule has 0 aliphatic heterocycles. The summed E-state index contributed by atoms with van der Waals surface area (Å²) in [7, 11) is -3.70. The van der Waals surface area contributed by atoms with Crippen LogP contribution >= 0.6 is 0 Å². The number of fused-ring (bicyclic) bond motifs is 1. The Morgan fingerprint density at radius 3 is 2.41 bits per heavy atom. The second-order valence-electron chi connectivity index (χ2n) is 6.54. The van der Waals surface area contributed by atoms with Gasteiger partial charge in [-0.1, -0.05) is 49.4 Å². The zero-order valence-electron chi connectivity index (χ0n) is 16.1. The number of rotatable bonds is 7. The maximum Gasteiger partial charge on any atom is 0.338 e. The highest BCUT2D eigenvalue weighted by atomic mass is 32.2. The van der Waals surface area contributed by atoms with Crippen molar-refractivity contribution < 1.29 is 22.7 Å². The number of nitrogens with one attached hydrogen (secondary N) is 1. The highest BCUT2D eigenvalue weighted by Gasteiger charge is 2.19. The Labute approximate surface area is 169 Å². The molecule has 0 aliphatic carbocycles. The third kappa shape index (κ3) is 4.70. The molecule has 0 saturated carbocycles. The van der Waals surface area contributed by atoms with Gasteiger partial charge in [-0.3, -0.25) is 4.79 Å². The Morgan fingerprint density at radius 1 is 0.966 bits per heavy atom. The van der Waals surface area contributed by atoms with Gasteiger partial charge in [-0.15, -0.1) is 0 Å². The fourth-order valence-electron chi connectivity index (χ4n) is 2.92. The van der Waals surface area contributed by atoms with Crippen LogP contribution in [0, 0.1) is 6.92 Å². The number of ketones is 1. The van der Waals surface area contributed by atoms with Crippen molar-refractivity contribution >= 4 is 32.5 Å². The average molecular weight is 411 g/mol. The van der Waals surface area contributed by atoms with Crippen molar-refractivity contribution in [1.29, 1.82) is 0 Å². The van der Waals surface area contributed by atoms with Gasteiger partial charge in [0.1, 0.15) is 0 Å². The molecule has 0 fully saturated rings. The standard InChI is InChI=1S/C22H21NO5S/c1-3-23-29(26,27)19-11-8-15(2)20(13-19)22(25)28-14-21(24)18-10-9-16-6-4-5-7-17(16)12-18/h4-13,23H,3,14H2,1-2H3. The number of esters is 1. The van der Waals surface area contributed by atoms with Crippen molar-refractivity contribution in [3.05, 3.63) is 77.4 Å². The van der Waals surface area contributed by atoms with Crippen LogP contribution in [-0.4, -0.2) is 33.3 Å². The first-order valence-electron chi connectivity index (χ1n) is 9.11. The smallest absolute Gasteiger partial charge is 0.338 e. The van der Waals surface area contributed by atoms with E-state index in [9.17, 15) is 18.0 Å². The topological polar surface area (TPSA) is 89.5 Å². The number of hydrogen-bond donors (Lipinski definition) is 1. The predicted molar refractivity (Wildman–Crippen MR) is 111 cm³/mol. The third-order valence-electron chi connectivity index (χ3n) is 4.48. The zero-order valence-corrected chi connectivity index (χ0v) is 17.0. The third-order valence-corrected chi connectivity index (χ3v) is 6.02. The predicted octanol–water partition coefficient (Wildman–Crippen LogP) is 3.49. The molecule has 3 aromatic carbocycles. The van der Waals surface area contributed by atoms with Crippen LogP contribution in [0.3, 0.4) is 0 Å². The molecule has 7 heteroatoms. The lowest BCUT2D eigenvalue weighted by atomic mass is 10.0. The van der Waals surface area contributed by atoms with Crippen molar-refractivity contribution in [3.8, 4) is 0 Å². The molecule has 0 heterocycles. The maximum atomic E-state index is 12.5. The van der Waals surface area contributed by atoms with E-state index in [4.69, 9.17) is 4.74 Å². The van der Waals surface area contributed by atoms with E-state index in [1.165, 1.54) is 18.2 Å². The van der Waals surface area contributed by atoms with Gasteiger partial charge in [-0.25, -0.2) is 17.9 Å². The van der Waals surface area contributed by atoms with Gasteiger partial charge in [-0.2, -0.15) is 0 Å². The van der Waals surface area contributed by atoms with E-state index in [2.05, 4.69) is 4.72 Å². The number of ether oxygens (including phenoxy) is 1. The fourth-order valence-corrected chi connectivity index (χ4v) is 3.98. The number of carbonyl (C=O) groups is 2. The molecule has 6 nitrogen and oxygen atoms in total. The first-order chi connectivity index (χ1) is 13.8. The van der Waals surface area contributed by atoms with Gasteiger partial charge in [0.05, 0.1) is 10.5 Å². The molecular weight excluding hydrogens is 390 g/mol. The minimum absolute atomic E-state index is 0.0299. The lowest BCUT2D eigenvalue weighted by Crippen LogP contribution is -2.23. The highest BCUT2D eigenvalue weighted by molar-refractivity contribution is 7.89. The molecule has 0 amide bonds. The average Bonchev–Trinajstić information content (AvgIpc) is 2.71. The normalized spacial score (nSPS) is 11.4. The number of sulfonamides is 1. The Balaban J connectivity index is 1.75. The summed E-state index contributed by atoms with van der Waals surface area (Å²) in [6.07, 6.45) is 0. The van der Waals surface area contributed by atoms with Gasteiger partial charge in [0.15, 0.2) is 12.4 Å². The Morgan fingerprint density at radius 2 is 1.69 bits per heavy atom. The summed E-state index contributed by atoms with van der Waals surface area (Å²) in [4.78, 5) is 24.9. The summed E-state index contributed by atoms with van der Waals surface area (Å²) in [5.41, 5.74) is 1.11. The molecule has 0 aromatic heterocycles. The quantitative estimate of drug-likeness (QED) is 0.475. The molecule has 0 bridgehead atoms. The molecule has 0 radical (unpaired) electrons. The van der Waals surface area contributed by atoms with Gasteiger partial charge in [-0.05, 0) is 41.5 Å². The number of hydrogen-bond acceptors (Lipinski definition) is 5. The van der Waals surface area contributed by atoms with Crippen molar-refractivity contribution in [2.24, 2.45) is 0 Å². The molecule has 0 aliphatic rings. The summed E-state index contributed by atoms with van der Waals surface area (Å²) in [5, 5.41) is 1.93. The Hall–Kier alpha value is -3.03. The summed E-state index contributed by atoms with van der Waals surface area (Å²) in [6.45, 7) is 3.14. The molecule has 3 aromatic rings. The summed E-state index contributed by atoms with van der Waals surface area (Å²) in [5.74, 6) is -1.08. The molecule has 0 atom stereocenters. The number of Topliss-reactive ketones (excluding diaryl/α,β-unsaturated/α-hetero) is 1. The number of aryl methyl sites for hydroxylation is 1. The molecular formula is C22H21NO5S. The van der Waals surface area contributed by atoms with Crippen LogP contribution in [0.25, 0.3) is 10.8 Å². The number of carbonyl (C=O) groups excluding carboxylic acids is 2. The van der Waals surface area contributed by atoms with Gasteiger partial charge >= 0.3 is 5.97 Å². The van der Waals surface area contributed by atoms with Crippen LogP contribution in [0.4, 0.5) is 0 Å². The van der Waals surface area contributed by atoms with Crippen LogP contribution in [0.1, 0.15) is 33.2 Å². The number of benzene rings is 3. The van der Waals surface area contributed by atoms with E-state index in [0.29, 0.717) is 11.1 Å². The van der Waals surface area contributed by atoms with Crippen LogP contribution in [0.5, 0.6) is 0 Å². The molecule has 0 spiro atoms. The molecule has 3 rings (SSSR count). The second-order valence-corrected chi connectivity index (χ2v) is 8.31. The van der Waals surface area contributed by atoms with Crippen LogP contribution < -0.4 is 4.72 Å². The maximum absolute atomic E-state index is 12.5. The van der Waals surface area contributed by atoms with Gasteiger partial charge in [0.2, 0.25) is 10.0 Å². The lowest BCUT2D eigenvalue weighted by molar-refractivity contribution is 0.0474.